The van der Waals surface area contributed by atoms with Crippen molar-refractivity contribution >= 4 is 16.9 Å². The molecule has 4 nitrogen and oxygen atoms in total. The van der Waals surface area contributed by atoms with Crippen molar-refractivity contribution in [3.8, 4) is 17.3 Å². The van der Waals surface area contributed by atoms with E-state index in [9.17, 15) is 10.1 Å². The van der Waals surface area contributed by atoms with Crippen molar-refractivity contribution in [2.75, 3.05) is 7.11 Å². The van der Waals surface area contributed by atoms with E-state index in [-0.39, 0.29) is 5.97 Å². The summed E-state index contributed by atoms with van der Waals surface area (Å²) in [4.78, 5) is 13.6. The van der Waals surface area contributed by atoms with Crippen LogP contribution in [-0.2, 0) is 22.0 Å². The number of esters is 1. The van der Waals surface area contributed by atoms with Crippen LogP contribution in [0.2, 0.25) is 0 Å². The minimum absolute atomic E-state index is 0.329. The molecule has 0 saturated heterocycles. The minimum atomic E-state index is -1.09. The van der Waals surface area contributed by atoms with Gasteiger partial charge in [-0.05, 0) is 29.3 Å². The van der Waals surface area contributed by atoms with E-state index in [1.54, 1.807) is 0 Å². The molecule has 0 saturated carbocycles. The summed E-state index contributed by atoms with van der Waals surface area (Å²) in [6, 6.07) is 25.6. The van der Waals surface area contributed by atoms with Crippen LogP contribution in [0.5, 0.6) is 0 Å². The first-order valence-corrected chi connectivity index (χ1v) is 9.41. The molecular formula is C25H18N2O2. The Morgan fingerprint density at radius 3 is 2.48 bits per heavy atom. The standard InChI is InChI=1S/C25H18N2O2/c1-27-21-13-12-16(15-26)14-19(21)22-23(27)18-10-6-7-11-20(18)25(22,24(28)29-2)17-8-4-3-5-9-17/h3-14H,1-2H3. The second kappa shape index (κ2) is 6.08. The molecule has 1 heterocycles. The van der Waals surface area contributed by atoms with Crippen molar-refractivity contribution in [2.45, 2.75) is 5.41 Å². The topological polar surface area (TPSA) is 55.0 Å². The van der Waals surface area contributed by atoms with E-state index < -0.39 is 5.41 Å². The summed E-state index contributed by atoms with van der Waals surface area (Å²) >= 11 is 0. The highest BCUT2D eigenvalue weighted by molar-refractivity contribution is 6.08. The molecule has 1 aromatic heterocycles. The van der Waals surface area contributed by atoms with Gasteiger partial charge >= 0.3 is 5.97 Å². The fourth-order valence-electron chi connectivity index (χ4n) is 4.83. The Hall–Kier alpha value is -3.84. The maximum Gasteiger partial charge on any atom is 0.325 e. The normalized spacial score (nSPS) is 16.9. The van der Waals surface area contributed by atoms with E-state index in [0.29, 0.717) is 5.56 Å². The molecule has 0 bridgehead atoms. The number of nitriles is 1. The highest BCUT2D eigenvalue weighted by atomic mass is 16.5. The zero-order valence-corrected chi connectivity index (χ0v) is 16.1. The monoisotopic (exact) mass is 378 g/mol. The summed E-state index contributed by atoms with van der Waals surface area (Å²) in [5.74, 6) is -0.329. The first kappa shape index (κ1) is 17.3. The van der Waals surface area contributed by atoms with Gasteiger partial charge in [-0.2, -0.15) is 5.26 Å². The molecule has 0 radical (unpaired) electrons. The number of aryl methyl sites for hydroxylation is 1. The molecule has 1 aliphatic carbocycles. The van der Waals surface area contributed by atoms with Crippen molar-refractivity contribution in [2.24, 2.45) is 7.05 Å². The lowest BCUT2D eigenvalue weighted by atomic mass is 9.72. The molecule has 1 atom stereocenters. The molecule has 29 heavy (non-hydrogen) atoms. The summed E-state index contributed by atoms with van der Waals surface area (Å²) in [5.41, 5.74) is 5.09. The molecule has 0 spiro atoms. The van der Waals surface area contributed by atoms with Crippen LogP contribution >= 0.6 is 0 Å². The van der Waals surface area contributed by atoms with E-state index >= 15 is 0 Å². The first-order chi connectivity index (χ1) is 14.1. The molecule has 0 amide bonds. The van der Waals surface area contributed by atoms with Crippen LogP contribution in [0.1, 0.15) is 22.3 Å². The van der Waals surface area contributed by atoms with Gasteiger partial charge in [-0.15, -0.1) is 0 Å². The maximum atomic E-state index is 13.6. The number of methoxy groups -OCH3 is 1. The number of nitrogens with zero attached hydrogens (tertiary/aromatic N) is 2. The predicted molar refractivity (Wildman–Crippen MR) is 111 cm³/mol. The Kier molecular flexibility index (Phi) is 3.62. The van der Waals surface area contributed by atoms with Crippen LogP contribution in [0, 0.1) is 11.3 Å². The van der Waals surface area contributed by atoms with Crippen molar-refractivity contribution in [3.05, 3.63) is 95.1 Å². The Morgan fingerprint density at radius 2 is 1.76 bits per heavy atom. The average molecular weight is 378 g/mol. The fraction of sp³-hybridized carbons (Fsp3) is 0.120. The van der Waals surface area contributed by atoms with Crippen molar-refractivity contribution in [1.29, 1.82) is 5.26 Å². The van der Waals surface area contributed by atoms with Crippen molar-refractivity contribution < 1.29 is 9.53 Å². The first-order valence-electron chi connectivity index (χ1n) is 9.41. The Labute approximate surface area is 168 Å². The highest BCUT2D eigenvalue weighted by Crippen LogP contribution is 2.56. The number of rotatable bonds is 2. The number of ether oxygens (including phenoxy) is 1. The second-order valence-electron chi connectivity index (χ2n) is 7.28. The van der Waals surface area contributed by atoms with Crippen LogP contribution in [0.15, 0.2) is 72.8 Å². The van der Waals surface area contributed by atoms with Crippen LogP contribution < -0.4 is 0 Å². The molecule has 3 aromatic carbocycles. The van der Waals surface area contributed by atoms with Gasteiger partial charge in [-0.3, -0.25) is 4.79 Å². The third-order valence-corrected chi connectivity index (χ3v) is 5.99. The third-order valence-electron chi connectivity index (χ3n) is 5.99. The number of hydrogen-bond donors (Lipinski definition) is 0. The molecule has 1 aliphatic rings. The highest BCUT2D eigenvalue weighted by Gasteiger charge is 2.54. The lowest BCUT2D eigenvalue weighted by Gasteiger charge is -2.29. The summed E-state index contributed by atoms with van der Waals surface area (Å²) < 4.78 is 7.52. The van der Waals surface area contributed by atoms with E-state index in [0.717, 1.165) is 38.9 Å². The molecule has 4 aromatic rings. The lowest BCUT2D eigenvalue weighted by Crippen LogP contribution is -2.37. The Balaban J connectivity index is 2.05. The summed E-state index contributed by atoms with van der Waals surface area (Å²) in [5, 5.41) is 10.4. The number of aromatic nitrogens is 1. The number of carbonyl (C=O) groups is 1. The van der Waals surface area contributed by atoms with E-state index in [1.807, 2.05) is 79.8 Å². The van der Waals surface area contributed by atoms with Gasteiger partial charge in [-0.1, -0.05) is 54.6 Å². The van der Waals surface area contributed by atoms with Crippen molar-refractivity contribution in [3.63, 3.8) is 0 Å². The summed E-state index contributed by atoms with van der Waals surface area (Å²) in [6.45, 7) is 0. The van der Waals surface area contributed by atoms with Gasteiger partial charge in [0.1, 0.15) is 5.41 Å². The smallest absolute Gasteiger partial charge is 0.325 e. The number of hydrogen-bond acceptors (Lipinski definition) is 3. The molecule has 5 rings (SSSR count). The molecular weight excluding hydrogens is 360 g/mol. The predicted octanol–water partition coefficient (Wildman–Crippen LogP) is 4.54. The molecule has 1 unspecified atom stereocenters. The fourth-order valence-corrected chi connectivity index (χ4v) is 4.83. The van der Waals surface area contributed by atoms with Gasteiger partial charge in [-0.25, -0.2) is 0 Å². The summed E-state index contributed by atoms with van der Waals surface area (Å²) in [7, 11) is 3.43. The molecule has 140 valence electrons. The maximum absolute atomic E-state index is 13.6. The van der Waals surface area contributed by atoms with Gasteiger partial charge in [0, 0.05) is 29.1 Å². The van der Waals surface area contributed by atoms with E-state index in [2.05, 4.69) is 10.6 Å². The van der Waals surface area contributed by atoms with Gasteiger partial charge in [0.15, 0.2) is 0 Å². The number of benzene rings is 3. The number of fused-ring (bicyclic) bond motifs is 5. The molecule has 4 heteroatoms. The van der Waals surface area contributed by atoms with E-state index in [1.165, 1.54) is 7.11 Å². The van der Waals surface area contributed by atoms with Gasteiger partial charge in [0.05, 0.1) is 24.4 Å². The SMILES string of the molecule is COC(=O)C1(c2ccccc2)c2ccccc2-c2c1c1cc(C#N)ccc1n2C. The van der Waals surface area contributed by atoms with Gasteiger partial charge < -0.3 is 9.30 Å². The molecule has 0 N–H and O–H groups in total. The zero-order valence-electron chi connectivity index (χ0n) is 16.1. The third kappa shape index (κ3) is 2.05. The average Bonchev–Trinajstić information content (AvgIpc) is 3.25. The molecule has 0 fully saturated rings. The lowest BCUT2D eigenvalue weighted by molar-refractivity contribution is -0.144. The molecule has 0 aliphatic heterocycles. The Bertz CT molecular complexity index is 1330. The minimum Gasteiger partial charge on any atom is -0.468 e. The zero-order chi connectivity index (χ0) is 20.2. The van der Waals surface area contributed by atoms with E-state index in [4.69, 9.17) is 4.74 Å². The second-order valence-corrected chi connectivity index (χ2v) is 7.28. The van der Waals surface area contributed by atoms with Crippen molar-refractivity contribution in [1.82, 2.24) is 4.57 Å². The number of carbonyl (C=O) groups excluding carboxylic acids is 1. The van der Waals surface area contributed by atoms with Crippen LogP contribution in [0.4, 0.5) is 0 Å². The summed E-state index contributed by atoms with van der Waals surface area (Å²) in [6.07, 6.45) is 0. The Morgan fingerprint density at radius 1 is 1.03 bits per heavy atom. The largest absolute Gasteiger partial charge is 0.468 e. The van der Waals surface area contributed by atoms with Crippen LogP contribution in [-0.4, -0.2) is 17.6 Å². The van der Waals surface area contributed by atoms with Gasteiger partial charge in [0.2, 0.25) is 0 Å². The van der Waals surface area contributed by atoms with Crippen LogP contribution in [0.25, 0.3) is 22.2 Å². The van der Waals surface area contributed by atoms with Gasteiger partial charge in [0.25, 0.3) is 0 Å². The van der Waals surface area contributed by atoms with Crippen LogP contribution in [0.3, 0.4) is 0 Å². The quantitative estimate of drug-likeness (QED) is 0.481.